The second-order valence-electron chi connectivity index (χ2n) is 19.7. The van der Waals surface area contributed by atoms with E-state index in [1.807, 2.05) is 14.2 Å². The van der Waals surface area contributed by atoms with Gasteiger partial charge in [-0.05, 0) is 183 Å². The lowest BCUT2D eigenvalue weighted by Gasteiger charge is -2.43. The number of likely N-dealkylation sites (tertiary alicyclic amines) is 1. The summed E-state index contributed by atoms with van der Waals surface area (Å²) in [5.74, 6) is 2.69. The van der Waals surface area contributed by atoms with E-state index in [0.29, 0.717) is 25.7 Å². The summed E-state index contributed by atoms with van der Waals surface area (Å²) in [5, 5.41) is 36.8. The third-order valence-corrected chi connectivity index (χ3v) is 17.9. The van der Waals surface area contributed by atoms with E-state index in [4.69, 9.17) is 23.7 Å². The SMILES string of the molecule is COCCOCCN1CC2C3=c4c5c6c7c(cc8cc9cc%10cc%11cc%12c%13c(c4c4c5c5c7c8c7c9c%10c8c%11c%13c4c8c75)=C(C3)C%12)CC62C1c1c(OC)cc(OC)cc1OC. The summed E-state index contributed by atoms with van der Waals surface area (Å²) < 4.78 is 30.5. The number of benzene rings is 9. The summed E-state index contributed by atoms with van der Waals surface area (Å²) >= 11 is 0. The fourth-order valence-electron chi connectivity index (χ4n) is 16.5. The molecule has 1 heterocycles. The number of hydrogen-bond acceptors (Lipinski definition) is 6. The van der Waals surface area contributed by atoms with Gasteiger partial charge in [0.15, 0.2) is 0 Å². The molecule has 3 unspecified atom stereocenters. The van der Waals surface area contributed by atoms with E-state index in [-0.39, 0.29) is 11.5 Å². The van der Waals surface area contributed by atoms with Crippen LogP contribution >= 0.6 is 0 Å². The van der Waals surface area contributed by atoms with Crippen molar-refractivity contribution >= 4 is 130 Å². The van der Waals surface area contributed by atoms with Crippen molar-refractivity contribution in [1.82, 2.24) is 4.90 Å². The second-order valence-corrected chi connectivity index (χ2v) is 19.7. The van der Waals surface area contributed by atoms with Crippen LogP contribution in [0, 0.1) is 5.92 Å². The van der Waals surface area contributed by atoms with Crippen LogP contribution in [0.1, 0.15) is 34.7 Å². The topological polar surface area (TPSA) is 49.4 Å². The molecule has 0 saturated carbocycles. The van der Waals surface area contributed by atoms with E-state index in [9.17, 15) is 0 Å². The van der Waals surface area contributed by atoms with Gasteiger partial charge in [-0.1, -0.05) is 23.3 Å². The van der Waals surface area contributed by atoms with Crippen LogP contribution in [-0.4, -0.2) is 66.2 Å². The Bertz CT molecular complexity index is 4250. The van der Waals surface area contributed by atoms with Crippen molar-refractivity contribution in [3.8, 4) is 17.2 Å². The van der Waals surface area contributed by atoms with Gasteiger partial charge in [0.2, 0.25) is 0 Å². The monoisotopic (exact) mass is 791 g/mol. The van der Waals surface area contributed by atoms with E-state index in [0.717, 1.165) is 55.2 Å². The third-order valence-electron chi connectivity index (χ3n) is 17.9. The van der Waals surface area contributed by atoms with Crippen LogP contribution in [0.5, 0.6) is 17.2 Å². The van der Waals surface area contributed by atoms with Crippen LogP contribution in [-0.2, 0) is 27.7 Å². The zero-order chi connectivity index (χ0) is 39.4. The number of hydrogen-bond donors (Lipinski definition) is 0. The summed E-state index contributed by atoms with van der Waals surface area (Å²) in [6.07, 6.45) is 3.06. The Kier molecular flexibility index (Phi) is 4.72. The first kappa shape index (κ1) is 31.0. The van der Waals surface area contributed by atoms with E-state index < -0.39 is 0 Å². The summed E-state index contributed by atoms with van der Waals surface area (Å²) in [6.45, 7) is 3.54. The lowest BCUT2D eigenvalue weighted by atomic mass is 9.60. The Morgan fingerprint density at radius 2 is 1.13 bits per heavy atom. The predicted octanol–water partition coefficient (Wildman–Crippen LogP) is 9.74. The van der Waals surface area contributed by atoms with Crippen molar-refractivity contribution in [2.24, 2.45) is 5.92 Å². The second kappa shape index (κ2) is 9.29. The van der Waals surface area contributed by atoms with Gasteiger partial charge in [0.05, 0.1) is 52.8 Å². The van der Waals surface area contributed by atoms with Crippen molar-refractivity contribution in [2.45, 2.75) is 30.7 Å². The quantitative estimate of drug-likeness (QED) is 0.102. The van der Waals surface area contributed by atoms with Gasteiger partial charge in [-0.3, -0.25) is 4.90 Å². The van der Waals surface area contributed by atoms with Crippen molar-refractivity contribution in [2.75, 3.05) is 61.3 Å². The maximum atomic E-state index is 6.45. The molecule has 292 valence electrons. The normalized spacial score (nSPS) is 22.2. The van der Waals surface area contributed by atoms with Crippen LogP contribution in [0.15, 0.2) is 42.5 Å². The lowest BCUT2D eigenvalue weighted by molar-refractivity contribution is 0.0520. The molecule has 3 atom stereocenters. The molecule has 1 fully saturated rings. The highest BCUT2D eigenvalue weighted by Crippen LogP contribution is 2.71. The fraction of sp³-hybridized carbons (Fsp3) is 0.273. The number of rotatable bonds is 10. The molecule has 18 rings (SSSR count). The predicted molar refractivity (Wildman–Crippen MR) is 246 cm³/mol. The average molecular weight is 792 g/mol. The molecule has 6 heteroatoms. The Morgan fingerprint density at radius 3 is 1.80 bits per heavy atom. The minimum absolute atomic E-state index is 0.0330. The number of nitrogens with zero attached hydrogens (tertiary/aromatic N) is 1. The molecular weight excluding hydrogens is 755 g/mol. The highest BCUT2D eigenvalue weighted by molar-refractivity contribution is 6.63. The Hall–Kier alpha value is -5.92. The Morgan fingerprint density at radius 1 is 0.541 bits per heavy atom. The number of methoxy groups -OCH3 is 4. The van der Waals surface area contributed by atoms with Gasteiger partial charge in [-0.2, -0.15) is 0 Å². The van der Waals surface area contributed by atoms with Crippen LogP contribution < -0.4 is 24.6 Å². The first-order valence-corrected chi connectivity index (χ1v) is 22.2. The van der Waals surface area contributed by atoms with Gasteiger partial charge in [0.25, 0.3) is 0 Å². The van der Waals surface area contributed by atoms with E-state index in [1.54, 1.807) is 117 Å². The molecular formula is C55H37NO5. The summed E-state index contributed by atoms with van der Waals surface area (Å²) in [4.78, 5) is 2.76. The maximum Gasteiger partial charge on any atom is 0.131 e. The van der Waals surface area contributed by atoms with Gasteiger partial charge in [-0.15, -0.1) is 0 Å². The van der Waals surface area contributed by atoms with Gasteiger partial charge < -0.3 is 23.7 Å². The Balaban J connectivity index is 1.09. The zero-order valence-corrected chi connectivity index (χ0v) is 34.3. The standard InChI is InChI=1S/C55H37NO5/c1-57-7-8-61-6-5-56-19-29-28-15-25-13-22-11-23-10-20-9-21-12-24-14-26-18-55(29,54(56)40-30(59-3)16-27(58-2)17-31(40)60-4)53-38(26)44-37(24)43-33(21)32(20)41-36(23)42-34(22)35(25)45-39(28)52(53)51-49(44)47(43)46(41)48(42)50(45)51/h9-12,14,16-17,29,54H,5-8,13,15,18-19H2,1-4H3. The van der Waals surface area contributed by atoms with Crippen LogP contribution in [0.4, 0.5) is 0 Å². The molecule has 1 aliphatic heterocycles. The van der Waals surface area contributed by atoms with Crippen molar-refractivity contribution in [1.29, 1.82) is 0 Å². The van der Waals surface area contributed by atoms with Crippen molar-refractivity contribution in [3.05, 3.63) is 75.2 Å². The number of fused-ring (bicyclic) bond motifs is 1. The van der Waals surface area contributed by atoms with Crippen LogP contribution in [0.2, 0.25) is 0 Å². The van der Waals surface area contributed by atoms with Gasteiger partial charge in [0.1, 0.15) is 17.2 Å². The molecule has 1 saturated heterocycles. The van der Waals surface area contributed by atoms with Crippen molar-refractivity contribution < 1.29 is 23.7 Å². The highest BCUT2D eigenvalue weighted by Gasteiger charge is 2.63. The largest absolute Gasteiger partial charge is 0.496 e. The first-order valence-electron chi connectivity index (χ1n) is 22.2. The van der Waals surface area contributed by atoms with E-state index >= 15 is 0 Å². The smallest absolute Gasteiger partial charge is 0.131 e. The molecule has 13 aromatic rings. The zero-order valence-electron chi connectivity index (χ0n) is 34.3. The highest BCUT2D eigenvalue weighted by atomic mass is 16.5. The molecule has 13 aromatic carbocycles. The van der Waals surface area contributed by atoms with E-state index in [2.05, 4.69) is 47.4 Å². The fourth-order valence-corrected chi connectivity index (χ4v) is 16.5. The molecule has 61 heavy (non-hydrogen) atoms. The molecule has 5 aliphatic rings. The third kappa shape index (κ3) is 2.77. The Labute approximate surface area is 347 Å². The average Bonchev–Trinajstić information content (AvgIpc) is 4.13. The van der Waals surface area contributed by atoms with Gasteiger partial charge >= 0.3 is 0 Å². The molecule has 0 bridgehead atoms. The molecule has 6 nitrogen and oxygen atoms in total. The first-order chi connectivity index (χ1) is 30.1. The van der Waals surface area contributed by atoms with Crippen LogP contribution in [0.3, 0.4) is 0 Å². The molecule has 0 radical (unpaired) electrons. The molecule has 0 N–H and O–H groups in total. The molecule has 4 aliphatic carbocycles. The molecule has 0 aromatic heterocycles. The molecule has 1 spiro atoms. The minimum atomic E-state index is -0.263. The summed E-state index contributed by atoms with van der Waals surface area (Å²) in [7, 11) is 7.10. The van der Waals surface area contributed by atoms with Gasteiger partial charge in [0, 0.05) is 43.7 Å². The van der Waals surface area contributed by atoms with Crippen LogP contribution in [0.25, 0.3) is 130 Å². The lowest BCUT2D eigenvalue weighted by Crippen LogP contribution is -2.44. The number of ether oxygens (including phenoxy) is 5. The van der Waals surface area contributed by atoms with Crippen molar-refractivity contribution in [3.63, 3.8) is 0 Å². The minimum Gasteiger partial charge on any atom is -0.496 e. The molecule has 0 amide bonds. The maximum absolute atomic E-state index is 6.45. The van der Waals surface area contributed by atoms with Gasteiger partial charge in [-0.25, -0.2) is 0 Å². The summed E-state index contributed by atoms with van der Waals surface area (Å²) in [5.41, 5.74) is 8.86. The summed E-state index contributed by atoms with van der Waals surface area (Å²) in [6, 6.07) is 17.0. The van der Waals surface area contributed by atoms with E-state index in [1.165, 1.54) is 54.0 Å².